The molecule has 0 radical (unpaired) electrons. The standard InChI is InChI=1S/C28H20FN7O/c1-18-5-6-20(28(37)34-22-9-7-21(14-30)25(29)13-22)12-19(18)8-10-24-16-31-27-26(4-3-11-36(24)27)33-23-15-32-35(2)17-23/h3-7,9,11-13,15-17,33H,1-2H3,(H,34,37). The number of carbonyl (C=O) groups excluding carboxylic acids is 1. The molecule has 0 unspecified atom stereocenters. The SMILES string of the molecule is Cc1ccc(C(=O)Nc2ccc(C#N)c(F)c2)cc1C#Cc1cnc2c(Nc3cnn(C)c3)cccn12. The van der Waals surface area contributed by atoms with E-state index in [-0.39, 0.29) is 11.3 Å². The first-order valence-corrected chi connectivity index (χ1v) is 11.3. The van der Waals surface area contributed by atoms with Crippen molar-refractivity contribution in [2.75, 3.05) is 10.6 Å². The van der Waals surface area contributed by atoms with Gasteiger partial charge in [-0.15, -0.1) is 0 Å². The molecule has 5 aromatic rings. The molecule has 0 atom stereocenters. The number of nitrogens with one attached hydrogen (secondary N) is 2. The molecule has 9 heteroatoms. The van der Waals surface area contributed by atoms with Crippen LogP contribution in [0.2, 0.25) is 0 Å². The van der Waals surface area contributed by atoms with E-state index in [9.17, 15) is 9.18 Å². The molecule has 0 bridgehead atoms. The van der Waals surface area contributed by atoms with Gasteiger partial charge in [0, 0.05) is 36.3 Å². The second-order valence-electron chi connectivity index (χ2n) is 8.33. The van der Waals surface area contributed by atoms with Crippen molar-refractivity contribution in [2.24, 2.45) is 7.05 Å². The predicted molar refractivity (Wildman–Crippen MR) is 138 cm³/mol. The van der Waals surface area contributed by atoms with Crippen LogP contribution in [0.15, 0.2) is 73.3 Å². The fourth-order valence-corrected chi connectivity index (χ4v) is 3.76. The van der Waals surface area contributed by atoms with Gasteiger partial charge in [0.15, 0.2) is 5.65 Å². The molecule has 0 fully saturated rings. The fourth-order valence-electron chi connectivity index (χ4n) is 3.76. The Morgan fingerprint density at radius 3 is 2.68 bits per heavy atom. The maximum atomic E-state index is 13.9. The lowest BCUT2D eigenvalue weighted by atomic mass is 10.0. The first kappa shape index (κ1) is 23.3. The van der Waals surface area contributed by atoms with Crippen LogP contribution >= 0.6 is 0 Å². The van der Waals surface area contributed by atoms with Gasteiger partial charge in [-0.05, 0) is 60.9 Å². The van der Waals surface area contributed by atoms with Crippen molar-refractivity contribution in [3.05, 3.63) is 107 Å². The number of hydrogen-bond donors (Lipinski definition) is 2. The first-order valence-electron chi connectivity index (χ1n) is 11.3. The monoisotopic (exact) mass is 489 g/mol. The minimum atomic E-state index is -0.692. The van der Waals surface area contributed by atoms with Crippen LogP contribution in [0.4, 0.5) is 21.5 Å². The molecule has 1 amide bonds. The van der Waals surface area contributed by atoms with E-state index in [0.29, 0.717) is 16.8 Å². The summed E-state index contributed by atoms with van der Waals surface area (Å²) in [5, 5.41) is 19.0. The quantitative estimate of drug-likeness (QED) is 0.354. The van der Waals surface area contributed by atoms with Gasteiger partial charge < -0.3 is 10.6 Å². The Balaban J connectivity index is 1.40. The van der Waals surface area contributed by atoms with Gasteiger partial charge >= 0.3 is 0 Å². The van der Waals surface area contributed by atoms with Crippen molar-refractivity contribution in [3.63, 3.8) is 0 Å². The molecule has 5 rings (SSSR count). The maximum absolute atomic E-state index is 13.9. The molecule has 0 aliphatic carbocycles. The summed E-state index contributed by atoms with van der Waals surface area (Å²) in [6.07, 6.45) is 7.18. The van der Waals surface area contributed by atoms with Gasteiger partial charge in [0.1, 0.15) is 17.6 Å². The molecule has 3 aromatic heterocycles. The minimum absolute atomic E-state index is 0.0849. The van der Waals surface area contributed by atoms with Crippen LogP contribution < -0.4 is 10.6 Å². The largest absolute Gasteiger partial charge is 0.350 e. The fraction of sp³-hybridized carbons (Fsp3) is 0.0714. The summed E-state index contributed by atoms with van der Waals surface area (Å²) < 4.78 is 17.5. The number of halogens is 1. The van der Waals surface area contributed by atoms with Gasteiger partial charge in [-0.3, -0.25) is 13.9 Å². The van der Waals surface area contributed by atoms with Crippen LogP contribution in [0.5, 0.6) is 0 Å². The molecular weight excluding hydrogens is 469 g/mol. The molecule has 0 aliphatic rings. The zero-order valence-corrected chi connectivity index (χ0v) is 20.0. The number of rotatable bonds is 4. The lowest BCUT2D eigenvalue weighted by Crippen LogP contribution is -2.12. The molecule has 37 heavy (non-hydrogen) atoms. The predicted octanol–water partition coefficient (Wildman–Crippen LogP) is 4.78. The van der Waals surface area contributed by atoms with Crippen LogP contribution in [0, 0.1) is 35.9 Å². The van der Waals surface area contributed by atoms with Crippen LogP contribution in [-0.4, -0.2) is 25.1 Å². The van der Waals surface area contributed by atoms with Crippen LogP contribution in [0.3, 0.4) is 0 Å². The average molecular weight is 490 g/mol. The number of amides is 1. The van der Waals surface area contributed by atoms with E-state index in [0.717, 1.165) is 28.7 Å². The number of anilines is 3. The smallest absolute Gasteiger partial charge is 0.255 e. The summed E-state index contributed by atoms with van der Waals surface area (Å²) in [5.74, 6) is 5.19. The number of nitrogens with zero attached hydrogens (tertiary/aromatic N) is 5. The number of benzene rings is 2. The number of hydrogen-bond acceptors (Lipinski definition) is 5. The molecule has 0 saturated carbocycles. The highest BCUT2D eigenvalue weighted by molar-refractivity contribution is 6.04. The Morgan fingerprint density at radius 1 is 1.05 bits per heavy atom. The van der Waals surface area contributed by atoms with E-state index in [1.54, 1.807) is 35.3 Å². The topological polar surface area (TPSA) is 100 Å². The Morgan fingerprint density at radius 2 is 1.92 bits per heavy atom. The number of nitriles is 1. The number of imidazole rings is 1. The van der Waals surface area contributed by atoms with Gasteiger partial charge in [0.2, 0.25) is 0 Å². The minimum Gasteiger partial charge on any atom is -0.350 e. The third-order valence-electron chi connectivity index (χ3n) is 5.69. The highest BCUT2D eigenvalue weighted by Gasteiger charge is 2.11. The summed E-state index contributed by atoms with van der Waals surface area (Å²) in [4.78, 5) is 17.3. The molecule has 180 valence electrons. The number of carbonyl (C=O) groups is 1. The highest BCUT2D eigenvalue weighted by Crippen LogP contribution is 2.22. The second-order valence-corrected chi connectivity index (χ2v) is 8.33. The molecule has 3 heterocycles. The average Bonchev–Trinajstić information content (AvgIpc) is 3.50. The van der Waals surface area contributed by atoms with Crippen molar-refractivity contribution in [1.29, 1.82) is 5.26 Å². The second kappa shape index (κ2) is 9.68. The lowest BCUT2D eigenvalue weighted by molar-refractivity contribution is 0.102. The Bertz CT molecular complexity index is 1760. The van der Waals surface area contributed by atoms with Gasteiger partial charge in [-0.25, -0.2) is 9.37 Å². The van der Waals surface area contributed by atoms with E-state index in [1.165, 1.54) is 12.1 Å². The van der Waals surface area contributed by atoms with E-state index in [4.69, 9.17) is 5.26 Å². The van der Waals surface area contributed by atoms with E-state index >= 15 is 0 Å². The van der Waals surface area contributed by atoms with Gasteiger partial charge in [0.25, 0.3) is 5.91 Å². The van der Waals surface area contributed by atoms with Crippen LogP contribution in [0.25, 0.3) is 5.65 Å². The van der Waals surface area contributed by atoms with E-state index in [1.807, 2.05) is 49.0 Å². The number of pyridine rings is 1. The molecule has 8 nitrogen and oxygen atoms in total. The summed E-state index contributed by atoms with van der Waals surface area (Å²) in [6, 6.07) is 14.7. The van der Waals surface area contributed by atoms with Gasteiger partial charge in [-0.1, -0.05) is 12.0 Å². The third kappa shape index (κ3) is 4.88. The van der Waals surface area contributed by atoms with Crippen molar-refractivity contribution in [2.45, 2.75) is 6.92 Å². The number of aryl methyl sites for hydroxylation is 2. The van der Waals surface area contributed by atoms with Crippen molar-refractivity contribution < 1.29 is 9.18 Å². The number of aromatic nitrogens is 4. The third-order valence-corrected chi connectivity index (χ3v) is 5.69. The number of fused-ring (bicyclic) bond motifs is 1. The normalized spacial score (nSPS) is 10.4. The van der Waals surface area contributed by atoms with Crippen molar-refractivity contribution in [3.8, 4) is 17.9 Å². The van der Waals surface area contributed by atoms with Crippen LogP contribution in [0.1, 0.15) is 32.7 Å². The summed E-state index contributed by atoms with van der Waals surface area (Å²) in [7, 11) is 1.85. The lowest BCUT2D eigenvalue weighted by Gasteiger charge is -2.07. The van der Waals surface area contributed by atoms with Crippen molar-refractivity contribution in [1.82, 2.24) is 19.2 Å². The van der Waals surface area contributed by atoms with Crippen molar-refractivity contribution >= 4 is 28.6 Å². The van der Waals surface area contributed by atoms with Gasteiger partial charge in [0.05, 0.1) is 29.3 Å². The van der Waals surface area contributed by atoms with Crippen LogP contribution in [-0.2, 0) is 7.05 Å². The highest BCUT2D eigenvalue weighted by atomic mass is 19.1. The molecule has 2 aromatic carbocycles. The first-order chi connectivity index (χ1) is 17.9. The Labute approximate surface area is 212 Å². The summed E-state index contributed by atoms with van der Waals surface area (Å²) in [5.41, 5.74) is 5.20. The van der Waals surface area contributed by atoms with E-state index < -0.39 is 11.7 Å². The maximum Gasteiger partial charge on any atom is 0.255 e. The zero-order chi connectivity index (χ0) is 25.9. The molecule has 0 spiro atoms. The molecule has 2 N–H and O–H groups in total. The molecule has 0 saturated heterocycles. The molecule has 0 aliphatic heterocycles. The Hall–Kier alpha value is -5.41. The molecular formula is C28H20FN7O. The summed E-state index contributed by atoms with van der Waals surface area (Å²) >= 11 is 0. The Kier molecular flexibility index (Phi) is 6.11. The summed E-state index contributed by atoms with van der Waals surface area (Å²) in [6.45, 7) is 1.91. The zero-order valence-electron chi connectivity index (χ0n) is 20.0. The van der Waals surface area contributed by atoms with E-state index in [2.05, 4.69) is 32.6 Å². The van der Waals surface area contributed by atoms with Gasteiger partial charge in [-0.2, -0.15) is 10.4 Å².